The van der Waals surface area contributed by atoms with Gasteiger partial charge in [-0.2, -0.15) is 4.79 Å². The molecule has 3 fully saturated rings. The summed E-state index contributed by atoms with van der Waals surface area (Å²) in [6.45, 7) is 4.88. The molecule has 4 rings (SSSR count). The van der Waals surface area contributed by atoms with Gasteiger partial charge >= 0.3 is 6.21 Å². The molecule has 3 nitrogen and oxygen atoms in total. The Morgan fingerprint density at radius 3 is 2.79 bits per heavy atom. The fraction of sp³-hybridized carbons (Fsp3) is 0.810. The Labute approximate surface area is 145 Å². The standard InChI is InChI=1S/C21H30N2O/c1-20-11-4-3-5-14(20)6-7-15-16-8-9-18(19(24)13-23-22)21(16,2)12-10-17(15)20/h9,13-17H,3-8,10-12H2,1-2H3/t14?,15-,16-,17-,20-,21-/m0/s1. The van der Waals surface area contributed by atoms with Crippen LogP contribution in [0.2, 0.25) is 0 Å². The van der Waals surface area contributed by atoms with Gasteiger partial charge < -0.3 is 5.53 Å². The Morgan fingerprint density at radius 2 is 2.00 bits per heavy atom. The summed E-state index contributed by atoms with van der Waals surface area (Å²) in [5.41, 5.74) is 10.2. The zero-order chi connectivity index (χ0) is 16.9. The summed E-state index contributed by atoms with van der Waals surface area (Å²) < 4.78 is 0. The minimum absolute atomic E-state index is 0.00268. The molecule has 0 saturated heterocycles. The average molecular weight is 326 g/mol. The minimum atomic E-state index is -0.0847. The molecule has 1 unspecified atom stereocenters. The Hall–Kier alpha value is -1.21. The molecule has 3 saturated carbocycles. The maximum Gasteiger partial charge on any atom is 0.327 e. The summed E-state index contributed by atoms with van der Waals surface area (Å²) in [4.78, 5) is 15.4. The smallest absolute Gasteiger partial charge is 0.327 e. The van der Waals surface area contributed by atoms with Gasteiger partial charge in [-0.15, -0.1) is 0 Å². The van der Waals surface area contributed by atoms with Crippen LogP contribution in [0.1, 0.15) is 71.6 Å². The first-order valence-corrected chi connectivity index (χ1v) is 9.93. The molecular weight excluding hydrogens is 296 g/mol. The molecule has 0 radical (unpaired) electrons. The van der Waals surface area contributed by atoms with E-state index in [-0.39, 0.29) is 11.2 Å². The molecule has 130 valence electrons. The van der Waals surface area contributed by atoms with Crippen molar-refractivity contribution in [3.05, 3.63) is 17.2 Å². The molecule has 0 amide bonds. The maximum absolute atomic E-state index is 12.4. The highest BCUT2D eigenvalue weighted by molar-refractivity contribution is 6.33. The molecular formula is C21H30N2O. The molecule has 6 atom stereocenters. The number of Topliss-reactive ketones (excluding diaryl/α,β-unsaturated/α-hetero) is 1. The molecule has 0 N–H and O–H groups in total. The highest BCUT2D eigenvalue weighted by atomic mass is 16.1. The number of hydrogen-bond donors (Lipinski definition) is 0. The van der Waals surface area contributed by atoms with Crippen LogP contribution in [0.15, 0.2) is 11.6 Å². The number of carbonyl (C=O) groups is 1. The van der Waals surface area contributed by atoms with Gasteiger partial charge in [0.15, 0.2) is 0 Å². The van der Waals surface area contributed by atoms with Gasteiger partial charge in [0, 0.05) is 5.57 Å². The van der Waals surface area contributed by atoms with Crippen molar-refractivity contribution >= 4 is 12.0 Å². The second kappa shape index (κ2) is 5.66. The summed E-state index contributed by atoms with van der Waals surface area (Å²) in [5.74, 6) is 3.09. The first-order chi connectivity index (χ1) is 11.5. The monoisotopic (exact) mass is 326 g/mol. The van der Waals surface area contributed by atoms with Crippen LogP contribution in [0.25, 0.3) is 5.53 Å². The predicted octanol–water partition coefficient (Wildman–Crippen LogP) is 4.83. The van der Waals surface area contributed by atoms with Gasteiger partial charge in [0.05, 0.1) is 0 Å². The predicted molar refractivity (Wildman–Crippen MR) is 94.5 cm³/mol. The maximum atomic E-state index is 12.4. The van der Waals surface area contributed by atoms with Crippen LogP contribution in [0.4, 0.5) is 0 Å². The normalized spacial score (nSPS) is 46.8. The van der Waals surface area contributed by atoms with Crippen molar-refractivity contribution in [3.8, 4) is 0 Å². The Bertz CT molecular complexity index is 632. The van der Waals surface area contributed by atoms with E-state index in [0.717, 1.165) is 42.4 Å². The summed E-state index contributed by atoms with van der Waals surface area (Å²) in [7, 11) is 0. The van der Waals surface area contributed by atoms with E-state index in [1.54, 1.807) is 0 Å². The first kappa shape index (κ1) is 16.3. The van der Waals surface area contributed by atoms with Crippen molar-refractivity contribution in [3.63, 3.8) is 0 Å². The average Bonchev–Trinajstić information content (AvgIpc) is 2.92. The molecule has 3 heteroatoms. The van der Waals surface area contributed by atoms with Gasteiger partial charge in [0.2, 0.25) is 0 Å². The van der Waals surface area contributed by atoms with Crippen LogP contribution in [-0.4, -0.2) is 16.8 Å². The second-order valence-electron chi connectivity index (χ2n) is 9.32. The molecule has 0 aromatic carbocycles. The van der Waals surface area contributed by atoms with E-state index < -0.39 is 0 Å². The number of nitrogens with zero attached hydrogens (tertiary/aromatic N) is 2. The van der Waals surface area contributed by atoms with Crippen molar-refractivity contribution in [2.24, 2.45) is 34.5 Å². The molecule has 4 aliphatic carbocycles. The van der Waals surface area contributed by atoms with Crippen molar-refractivity contribution < 1.29 is 9.58 Å². The number of allylic oxidation sites excluding steroid dienone is 2. The quantitative estimate of drug-likeness (QED) is 0.407. The van der Waals surface area contributed by atoms with E-state index in [1.807, 2.05) is 0 Å². The van der Waals surface area contributed by atoms with E-state index in [9.17, 15) is 4.79 Å². The fourth-order valence-corrected chi connectivity index (χ4v) is 7.37. The van der Waals surface area contributed by atoms with Gasteiger partial charge in [0.25, 0.3) is 5.78 Å². The molecule has 0 aliphatic heterocycles. The zero-order valence-corrected chi connectivity index (χ0v) is 15.1. The van der Waals surface area contributed by atoms with E-state index in [0.29, 0.717) is 11.3 Å². The van der Waals surface area contributed by atoms with Crippen LogP contribution in [-0.2, 0) is 4.79 Å². The Kier molecular flexibility index (Phi) is 3.84. The van der Waals surface area contributed by atoms with Crippen LogP contribution >= 0.6 is 0 Å². The van der Waals surface area contributed by atoms with Crippen LogP contribution < -0.4 is 0 Å². The lowest BCUT2D eigenvalue weighted by atomic mass is 9.45. The lowest BCUT2D eigenvalue weighted by Crippen LogP contribution is -2.52. The molecule has 24 heavy (non-hydrogen) atoms. The Morgan fingerprint density at radius 1 is 1.17 bits per heavy atom. The second-order valence-corrected chi connectivity index (χ2v) is 9.32. The lowest BCUT2D eigenvalue weighted by Gasteiger charge is -2.60. The summed E-state index contributed by atoms with van der Waals surface area (Å²) in [6, 6.07) is 0. The Balaban J connectivity index is 1.62. The highest BCUT2D eigenvalue weighted by Gasteiger charge is 2.58. The van der Waals surface area contributed by atoms with E-state index in [4.69, 9.17) is 5.53 Å². The van der Waals surface area contributed by atoms with Crippen molar-refractivity contribution in [2.75, 3.05) is 0 Å². The van der Waals surface area contributed by atoms with Gasteiger partial charge in [-0.05, 0) is 79.4 Å². The third-order valence-corrected chi connectivity index (χ3v) is 8.60. The minimum Gasteiger partial charge on any atom is -0.361 e. The number of hydrogen-bond acceptors (Lipinski definition) is 1. The van der Waals surface area contributed by atoms with Gasteiger partial charge in [-0.25, -0.2) is 0 Å². The number of ketones is 1. The zero-order valence-electron chi connectivity index (χ0n) is 15.1. The number of carbonyl (C=O) groups excluding carboxylic acids is 1. The third kappa shape index (κ3) is 2.13. The van der Waals surface area contributed by atoms with E-state index >= 15 is 0 Å². The van der Waals surface area contributed by atoms with Gasteiger partial charge in [-0.1, -0.05) is 32.8 Å². The van der Waals surface area contributed by atoms with E-state index in [2.05, 4.69) is 24.7 Å². The van der Waals surface area contributed by atoms with Crippen molar-refractivity contribution in [2.45, 2.75) is 71.6 Å². The van der Waals surface area contributed by atoms with E-state index in [1.165, 1.54) is 44.9 Å². The number of rotatable bonds is 2. The fourth-order valence-electron chi connectivity index (χ4n) is 7.37. The SMILES string of the molecule is C[C@]12CCCCC1CC[C@@H]1[C@@H]2CC[C@]2(C)C(C(=O)C=[N+]=[N-])=CC[C@@H]12. The number of fused-ring (bicyclic) bond motifs is 5. The molecule has 0 spiro atoms. The topological polar surface area (TPSA) is 53.5 Å². The van der Waals surface area contributed by atoms with Gasteiger partial charge in [0.1, 0.15) is 0 Å². The van der Waals surface area contributed by atoms with Crippen LogP contribution in [0, 0.1) is 34.5 Å². The molecule has 0 aromatic heterocycles. The van der Waals surface area contributed by atoms with Crippen molar-refractivity contribution in [1.82, 2.24) is 0 Å². The first-order valence-electron chi connectivity index (χ1n) is 9.93. The van der Waals surface area contributed by atoms with Crippen molar-refractivity contribution in [1.29, 1.82) is 0 Å². The van der Waals surface area contributed by atoms with Gasteiger partial charge in [-0.3, -0.25) is 4.79 Å². The summed E-state index contributed by atoms with van der Waals surface area (Å²) in [6.07, 6.45) is 15.1. The summed E-state index contributed by atoms with van der Waals surface area (Å²) >= 11 is 0. The molecule has 0 bridgehead atoms. The molecule has 4 aliphatic rings. The summed E-state index contributed by atoms with van der Waals surface area (Å²) in [5, 5.41) is 0. The molecule has 0 aromatic rings. The van der Waals surface area contributed by atoms with Crippen LogP contribution in [0.3, 0.4) is 0 Å². The third-order valence-electron chi connectivity index (χ3n) is 8.60. The lowest BCUT2D eigenvalue weighted by molar-refractivity contribution is -0.118. The highest BCUT2D eigenvalue weighted by Crippen LogP contribution is 2.66. The largest absolute Gasteiger partial charge is 0.361 e. The van der Waals surface area contributed by atoms with Crippen LogP contribution in [0.5, 0.6) is 0 Å². The molecule has 0 heterocycles.